The first-order valence-electron chi connectivity index (χ1n) is 4.74. The fraction of sp³-hybridized carbons (Fsp3) is 0.400. The smallest absolute Gasteiger partial charge is 0.279 e. The van der Waals surface area contributed by atoms with Crippen molar-refractivity contribution in [2.24, 2.45) is 0 Å². The van der Waals surface area contributed by atoms with E-state index in [1.165, 1.54) is 13.2 Å². The van der Waals surface area contributed by atoms with Gasteiger partial charge in [-0.1, -0.05) is 0 Å². The first kappa shape index (κ1) is 10.7. The maximum atomic E-state index is 10.9. The van der Waals surface area contributed by atoms with Gasteiger partial charge < -0.3 is 14.2 Å². The monoisotopic (exact) mass is 225 g/mol. The Morgan fingerprint density at radius 1 is 1.44 bits per heavy atom. The number of methoxy groups -OCH3 is 1. The Hall–Kier alpha value is -1.82. The van der Waals surface area contributed by atoms with Crippen LogP contribution in [0.3, 0.4) is 0 Å². The number of benzene rings is 1. The lowest BCUT2D eigenvalue weighted by Crippen LogP contribution is -2.01. The molecular weight excluding hydrogens is 214 g/mol. The van der Waals surface area contributed by atoms with Crippen molar-refractivity contribution in [2.75, 3.05) is 13.9 Å². The maximum Gasteiger partial charge on any atom is 0.279 e. The van der Waals surface area contributed by atoms with Crippen molar-refractivity contribution in [1.82, 2.24) is 0 Å². The number of hydrogen-bond donors (Lipinski definition) is 0. The fourth-order valence-electron chi connectivity index (χ4n) is 1.56. The van der Waals surface area contributed by atoms with E-state index in [0.29, 0.717) is 17.1 Å². The SMILES string of the molecule is COC(C)c1cc2c(cc1[N+](=O)[O-])OCO2. The summed E-state index contributed by atoms with van der Waals surface area (Å²) in [4.78, 5) is 10.4. The fourth-order valence-corrected chi connectivity index (χ4v) is 1.56. The second-order valence-corrected chi connectivity index (χ2v) is 3.40. The summed E-state index contributed by atoms with van der Waals surface area (Å²) in [5, 5.41) is 10.9. The van der Waals surface area contributed by atoms with E-state index in [4.69, 9.17) is 14.2 Å². The maximum absolute atomic E-state index is 10.9. The molecule has 0 aromatic heterocycles. The van der Waals surface area contributed by atoms with Gasteiger partial charge >= 0.3 is 0 Å². The lowest BCUT2D eigenvalue weighted by atomic mass is 10.1. The molecule has 0 amide bonds. The Bertz CT molecular complexity index is 431. The van der Waals surface area contributed by atoms with E-state index in [1.54, 1.807) is 13.0 Å². The minimum Gasteiger partial charge on any atom is -0.454 e. The van der Waals surface area contributed by atoms with Crippen LogP contribution in [0.5, 0.6) is 11.5 Å². The molecular formula is C10H11NO5. The molecule has 1 aliphatic rings. The quantitative estimate of drug-likeness (QED) is 0.581. The first-order chi connectivity index (χ1) is 7.63. The third-order valence-electron chi connectivity index (χ3n) is 2.51. The molecule has 1 aromatic carbocycles. The summed E-state index contributed by atoms with van der Waals surface area (Å²) in [5.41, 5.74) is 0.468. The van der Waals surface area contributed by atoms with Gasteiger partial charge in [-0.2, -0.15) is 0 Å². The Morgan fingerprint density at radius 3 is 2.62 bits per heavy atom. The number of hydrogen-bond acceptors (Lipinski definition) is 5. The molecule has 0 fully saturated rings. The van der Waals surface area contributed by atoms with Crippen LogP contribution in [0.25, 0.3) is 0 Å². The average molecular weight is 225 g/mol. The van der Waals surface area contributed by atoms with Gasteiger partial charge in [-0.25, -0.2) is 0 Å². The lowest BCUT2D eigenvalue weighted by molar-refractivity contribution is -0.386. The number of nitro groups is 1. The zero-order chi connectivity index (χ0) is 11.7. The molecule has 1 atom stereocenters. The summed E-state index contributed by atoms with van der Waals surface area (Å²) in [6.45, 7) is 1.84. The summed E-state index contributed by atoms with van der Waals surface area (Å²) in [6, 6.07) is 2.96. The Balaban J connectivity index is 2.53. The summed E-state index contributed by atoms with van der Waals surface area (Å²) in [5.74, 6) is 0.920. The van der Waals surface area contributed by atoms with E-state index >= 15 is 0 Å². The molecule has 1 aromatic rings. The van der Waals surface area contributed by atoms with Crippen molar-refractivity contribution in [2.45, 2.75) is 13.0 Å². The molecule has 86 valence electrons. The van der Waals surface area contributed by atoms with Gasteiger partial charge in [0.15, 0.2) is 11.5 Å². The lowest BCUT2D eigenvalue weighted by Gasteiger charge is -2.10. The minimum absolute atomic E-state index is 0.0152. The van der Waals surface area contributed by atoms with Crippen LogP contribution in [0.4, 0.5) is 5.69 Å². The molecule has 0 saturated heterocycles. The van der Waals surface area contributed by atoms with Crippen LogP contribution in [0.2, 0.25) is 0 Å². The van der Waals surface area contributed by atoms with E-state index in [9.17, 15) is 10.1 Å². The van der Waals surface area contributed by atoms with Crippen molar-refractivity contribution in [1.29, 1.82) is 0 Å². The van der Waals surface area contributed by atoms with Crippen LogP contribution >= 0.6 is 0 Å². The number of fused-ring (bicyclic) bond motifs is 1. The molecule has 0 radical (unpaired) electrons. The zero-order valence-electron chi connectivity index (χ0n) is 8.93. The van der Waals surface area contributed by atoms with E-state index in [2.05, 4.69) is 0 Å². The van der Waals surface area contributed by atoms with Gasteiger partial charge in [0.25, 0.3) is 5.69 Å². The number of nitrogens with zero attached hydrogens (tertiary/aromatic N) is 1. The predicted octanol–water partition coefficient (Wildman–Crippen LogP) is 2.03. The topological polar surface area (TPSA) is 70.8 Å². The van der Waals surface area contributed by atoms with Crippen molar-refractivity contribution < 1.29 is 19.1 Å². The van der Waals surface area contributed by atoms with Crippen LogP contribution in [-0.4, -0.2) is 18.8 Å². The van der Waals surface area contributed by atoms with Crippen molar-refractivity contribution in [3.8, 4) is 11.5 Å². The number of ether oxygens (including phenoxy) is 3. The van der Waals surface area contributed by atoms with Gasteiger partial charge in [0.05, 0.1) is 22.7 Å². The molecule has 6 heteroatoms. The zero-order valence-corrected chi connectivity index (χ0v) is 8.93. The van der Waals surface area contributed by atoms with Gasteiger partial charge in [0.2, 0.25) is 6.79 Å². The van der Waals surface area contributed by atoms with Crippen LogP contribution in [0.1, 0.15) is 18.6 Å². The molecule has 1 aliphatic heterocycles. The summed E-state index contributed by atoms with van der Waals surface area (Å²) in [7, 11) is 1.50. The second kappa shape index (κ2) is 3.97. The Kier molecular flexibility index (Phi) is 2.66. The van der Waals surface area contributed by atoms with Gasteiger partial charge in [0.1, 0.15) is 0 Å². The molecule has 0 spiro atoms. The molecule has 1 heterocycles. The van der Waals surface area contributed by atoms with Crippen LogP contribution < -0.4 is 9.47 Å². The van der Waals surface area contributed by atoms with Crippen LogP contribution in [-0.2, 0) is 4.74 Å². The van der Waals surface area contributed by atoms with Gasteiger partial charge in [0, 0.05) is 7.11 Å². The number of nitro benzene ring substituents is 1. The van der Waals surface area contributed by atoms with E-state index in [-0.39, 0.29) is 18.6 Å². The standard InChI is InChI=1S/C10H11NO5/c1-6(14-2)7-3-9-10(16-5-15-9)4-8(7)11(12)13/h3-4,6H,5H2,1-2H3. The Labute approximate surface area is 91.9 Å². The van der Waals surface area contributed by atoms with E-state index in [0.717, 1.165) is 0 Å². The van der Waals surface area contributed by atoms with Crippen molar-refractivity contribution >= 4 is 5.69 Å². The second-order valence-electron chi connectivity index (χ2n) is 3.40. The molecule has 1 unspecified atom stereocenters. The highest BCUT2D eigenvalue weighted by atomic mass is 16.7. The summed E-state index contributed by atoms with van der Waals surface area (Å²) < 4.78 is 15.3. The molecule has 6 nitrogen and oxygen atoms in total. The highest BCUT2D eigenvalue weighted by molar-refractivity contribution is 5.55. The van der Waals surface area contributed by atoms with E-state index < -0.39 is 4.92 Å². The molecule has 2 rings (SSSR count). The third-order valence-corrected chi connectivity index (χ3v) is 2.51. The largest absolute Gasteiger partial charge is 0.454 e. The third kappa shape index (κ3) is 1.67. The molecule has 0 saturated carbocycles. The summed E-state index contributed by atoms with van der Waals surface area (Å²) >= 11 is 0. The van der Waals surface area contributed by atoms with Gasteiger partial charge in [-0.3, -0.25) is 10.1 Å². The van der Waals surface area contributed by atoms with Gasteiger partial charge in [-0.15, -0.1) is 0 Å². The van der Waals surface area contributed by atoms with Gasteiger partial charge in [-0.05, 0) is 13.0 Å². The van der Waals surface area contributed by atoms with Crippen LogP contribution in [0.15, 0.2) is 12.1 Å². The molecule has 16 heavy (non-hydrogen) atoms. The first-order valence-corrected chi connectivity index (χ1v) is 4.74. The Morgan fingerprint density at radius 2 is 2.06 bits per heavy atom. The normalized spacial score (nSPS) is 14.9. The molecule has 0 N–H and O–H groups in total. The predicted molar refractivity (Wildman–Crippen MR) is 54.6 cm³/mol. The van der Waals surface area contributed by atoms with E-state index in [1.807, 2.05) is 0 Å². The average Bonchev–Trinajstić information content (AvgIpc) is 2.73. The van der Waals surface area contributed by atoms with Crippen molar-refractivity contribution in [3.05, 3.63) is 27.8 Å². The number of rotatable bonds is 3. The highest BCUT2D eigenvalue weighted by Gasteiger charge is 2.25. The molecule has 0 aliphatic carbocycles. The molecule has 0 bridgehead atoms. The van der Waals surface area contributed by atoms with Crippen molar-refractivity contribution in [3.63, 3.8) is 0 Å². The highest BCUT2D eigenvalue weighted by Crippen LogP contribution is 2.40. The summed E-state index contributed by atoms with van der Waals surface area (Å²) in [6.07, 6.45) is -0.366. The minimum atomic E-state index is -0.452. The van der Waals surface area contributed by atoms with Crippen LogP contribution in [0, 0.1) is 10.1 Å².